The van der Waals surface area contributed by atoms with Gasteiger partial charge in [0.15, 0.2) is 0 Å². The Kier molecular flexibility index (Phi) is 5.31. The molecule has 2 aromatic rings. The van der Waals surface area contributed by atoms with E-state index in [4.69, 9.17) is 0 Å². The van der Waals surface area contributed by atoms with Crippen molar-refractivity contribution in [1.82, 2.24) is 5.32 Å². The fourth-order valence-electron chi connectivity index (χ4n) is 2.36. The van der Waals surface area contributed by atoms with E-state index in [9.17, 15) is 15.3 Å². The van der Waals surface area contributed by atoms with Gasteiger partial charge in [-0.25, -0.2) is 0 Å². The van der Waals surface area contributed by atoms with Crippen LogP contribution in [0.3, 0.4) is 0 Å². The third kappa shape index (κ3) is 3.60. The minimum absolute atomic E-state index is 0.162. The van der Waals surface area contributed by atoms with Gasteiger partial charge in [0.2, 0.25) is 0 Å². The lowest BCUT2D eigenvalue weighted by molar-refractivity contribution is 0.0707. The third-order valence-corrected chi connectivity index (χ3v) is 4.11. The van der Waals surface area contributed by atoms with E-state index < -0.39 is 11.6 Å². The van der Waals surface area contributed by atoms with E-state index in [-0.39, 0.29) is 19.8 Å². The zero-order valence-corrected chi connectivity index (χ0v) is 12.3. The van der Waals surface area contributed by atoms with Gasteiger partial charge in [-0.05, 0) is 28.8 Å². The van der Waals surface area contributed by atoms with Crippen LogP contribution < -0.4 is 5.32 Å². The Balaban J connectivity index is 2.09. The molecule has 114 valence electrons. The molecule has 0 aliphatic heterocycles. The van der Waals surface area contributed by atoms with Gasteiger partial charge >= 0.3 is 0 Å². The molecule has 4 nitrogen and oxygen atoms in total. The molecular weight excluding hydrogens is 266 g/mol. The molecule has 21 heavy (non-hydrogen) atoms. The zero-order valence-electron chi connectivity index (χ0n) is 12.3. The topological polar surface area (TPSA) is 72.7 Å². The maximum Gasteiger partial charge on any atom is 0.0914 e. The number of β-amino-alcohol motifs (C(OH)–C–C–N with tert-alkyl or cyclic N) is 1. The van der Waals surface area contributed by atoms with Crippen molar-refractivity contribution < 1.29 is 15.3 Å². The number of fused-ring (bicyclic) bond motifs is 1. The summed E-state index contributed by atoms with van der Waals surface area (Å²) >= 11 is 0. The largest absolute Gasteiger partial charge is 0.394 e. The van der Waals surface area contributed by atoms with Crippen LogP contribution >= 0.6 is 0 Å². The Morgan fingerprint density at radius 2 is 1.71 bits per heavy atom. The van der Waals surface area contributed by atoms with Crippen molar-refractivity contribution in [2.45, 2.75) is 25.0 Å². The Bertz CT molecular complexity index is 573. The van der Waals surface area contributed by atoms with Gasteiger partial charge in [0, 0.05) is 6.54 Å². The number of aliphatic hydroxyl groups is 3. The lowest BCUT2D eigenvalue weighted by atomic mass is 9.97. The molecule has 0 aromatic heterocycles. The summed E-state index contributed by atoms with van der Waals surface area (Å²) < 4.78 is 0. The normalized spacial score (nSPS) is 13.5. The summed E-state index contributed by atoms with van der Waals surface area (Å²) in [5.41, 5.74) is 0.0831. The summed E-state index contributed by atoms with van der Waals surface area (Å²) in [6, 6.07) is 13.8. The molecule has 0 amide bonds. The second-order valence-electron chi connectivity index (χ2n) is 5.45. The van der Waals surface area contributed by atoms with Gasteiger partial charge < -0.3 is 20.6 Å². The van der Waals surface area contributed by atoms with Crippen LogP contribution in [-0.4, -0.2) is 40.6 Å². The Morgan fingerprint density at radius 1 is 1.05 bits per heavy atom. The van der Waals surface area contributed by atoms with Gasteiger partial charge in [-0.2, -0.15) is 0 Å². The molecular formula is C17H23NO3. The fourth-order valence-corrected chi connectivity index (χ4v) is 2.36. The van der Waals surface area contributed by atoms with E-state index in [1.54, 1.807) is 0 Å². The second kappa shape index (κ2) is 7.00. The first-order chi connectivity index (χ1) is 10.1. The van der Waals surface area contributed by atoms with Crippen molar-refractivity contribution in [3.05, 3.63) is 48.0 Å². The van der Waals surface area contributed by atoms with Crippen LogP contribution in [0, 0.1) is 0 Å². The van der Waals surface area contributed by atoms with Gasteiger partial charge in [0.1, 0.15) is 0 Å². The smallest absolute Gasteiger partial charge is 0.0914 e. The standard InChI is InChI=1S/C17H23NO3/c1-2-17(11-19,12-20)18-10-16(21)15-8-7-13-5-3-4-6-14(13)9-15/h3-9,16,18-21H,2,10-12H2,1H3. The van der Waals surface area contributed by atoms with Crippen molar-refractivity contribution in [2.24, 2.45) is 0 Å². The number of aliphatic hydroxyl groups excluding tert-OH is 3. The predicted octanol–water partition coefficient (Wildman–Crippen LogP) is 1.60. The van der Waals surface area contributed by atoms with Crippen LogP contribution in [0.2, 0.25) is 0 Å². The first kappa shape index (κ1) is 15.9. The van der Waals surface area contributed by atoms with Crippen LogP contribution in [0.4, 0.5) is 0 Å². The van der Waals surface area contributed by atoms with E-state index >= 15 is 0 Å². The van der Waals surface area contributed by atoms with Crippen LogP contribution in [0.15, 0.2) is 42.5 Å². The quantitative estimate of drug-likeness (QED) is 0.625. The highest BCUT2D eigenvalue weighted by Crippen LogP contribution is 2.21. The number of benzene rings is 2. The molecule has 4 N–H and O–H groups in total. The Morgan fingerprint density at radius 3 is 2.33 bits per heavy atom. The molecule has 0 saturated carbocycles. The van der Waals surface area contributed by atoms with Crippen molar-refractivity contribution in [1.29, 1.82) is 0 Å². The van der Waals surface area contributed by atoms with Gasteiger partial charge in [-0.3, -0.25) is 0 Å². The molecule has 0 bridgehead atoms. The maximum absolute atomic E-state index is 10.3. The predicted molar refractivity (Wildman–Crippen MR) is 84.1 cm³/mol. The van der Waals surface area contributed by atoms with Crippen LogP contribution in [0.5, 0.6) is 0 Å². The van der Waals surface area contributed by atoms with Crippen molar-refractivity contribution in [2.75, 3.05) is 19.8 Å². The summed E-state index contributed by atoms with van der Waals surface area (Å²) in [6.07, 6.45) is -0.0941. The average Bonchev–Trinajstić information content (AvgIpc) is 2.56. The number of hydrogen-bond acceptors (Lipinski definition) is 4. The average molecular weight is 289 g/mol. The summed E-state index contributed by atoms with van der Waals surface area (Å²) in [5, 5.41) is 34.4. The van der Waals surface area contributed by atoms with E-state index in [2.05, 4.69) is 5.32 Å². The maximum atomic E-state index is 10.3. The summed E-state index contributed by atoms with van der Waals surface area (Å²) in [7, 11) is 0. The molecule has 0 saturated heterocycles. The minimum atomic E-state index is -0.738. The van der Waals surface area contributed by atoms with Gasteiger partial charge in [-0.15, -0.1) is 0 Å². The second-order valence-corrected chi connectivity index (χ2v) is 5.45. The Labute approximate surface area is 125 Å². The van der Waals surface area contributed by atoms with Gasteiger partial charge in [0.25, 0.3) is 0 Å². The number of hydrogen-bond donors (Lipinski definition) is 4. The number of rotatable bonds is 7. The monoisotopic (exact) mass is 289 g/mol. The molecule has 0 fully saturated rings. The SMILES string of the molecule is CCC(CO)(CO)NCC(O)c1ccc2ccccc2c1. The van der Waals surface area contributed by atoms with Crippen molar-refractivity contribution in [3.8, 4) is 0 Å². The van der Waals surface area contributed by atoms with Crippen molar-refractivity contribution in [3.63, 3.8) is 0 Å². The lowest BCUT2D eigenvalue weighted by Crippen LogP contribution is -2.52. The molecule has 2 aromatic carbocycles. The Hall–Kier alpha value is -1.46. The first-order valence-electron chi connectivity index (χ1n) is 7.27. The molecule has 4 heteroatoms. The van der Waals surface area contributed by atoms with Gasteiger partial charge in [0.05, 0.1) is 24.9 Å². The van der Waals surface area contributed by atoms with Crippen molar-refractivity contribution >= 4 is 10.8 Å². The fraction of sp³-hybridized carbons (Fsp3) is 0.412. The third-order valence-electron chi connectivity index (χ3n) is 4.11. The lowest BCUT2D eigenvalue weighted by Gasteiger charge is -2.31. The van der Waals surface area contributed by atoms with E-state index in [1.807, 2.05) is 49.4 Å². The molecule has 0 heterocycles. The van der Waals surface area contributed by atoms with Crippen LogP contribution in [0.1, 0.15) is 25.0 Å². The summed E-state index contributed by atoms with van der Waals surface area (Å²) in [4.78, 5) is 0. The first-order valence-corrected chi connectivity index (χ1v) is 7.27. The molecule has 0 radical (unpaired) electrons. The minimum Gasteiger partial charge on any atom is -0.394 e. The summed E-state index contributed by atoms with van der Waals surface area (Å²) in [6.45, 7) is 1.85. The molecule has 0 spiro atoms. The zero-order chi connectivity index (χ0) is 15.3. The number of nitrogens with one attached hydrogen (secondary N) is 1. The molecule has 2 rings (SSSR count). The van der Waals surface area contributed by atoms with Gasteiger partial charge in [-0.1, -0.05) is 43.3 Å². The molecule has 0 aliphatic carbocycles. The van der Waals surface area contributed by atoms with Crippen LogP contribution in [0.25, 0.3) is 10.8 Å². The highest BCUT2D eigenvalue weighted by molar-refractivity contribution is 5.83. The van der Waals surface area contributed by atoms with Crippen LogP contribution in [-0.2, 0) is 0 Å². The van der Waals surface area contributed by atoms with E-state index in [0.29, 0.717) is 6.42 Å². The highest BCUT2D eigenvalue weighted by atomic mass is 16.3. The molecule has 1 atom stereocenters. The highest BCUT2D eigenvalue weighted by Gasteiger charge is 2.26. The van der Waals surface area contributed by atoms with E-state index in [1.165, 1.54) is 0 Å². The molecule has 1 unspecified atom stereocenters. The molecule has 0 aliphatic rings. The van der Waals surface area contributed by atoms with E-state index in [0.717, 1.165) is 16.3 Å². The summed E-state index contributed by atoms with van der Waals surface area (Å²) in [5.74, 6) is 0.